The van der Waals surface area contributed by atoms with Gasteiger partial charge < -0.3 is 0 Å². The van der Waals surface area contributed by atoms with Crippen LogP contribution in [0.5, 0.6) is 0 Å². The number of carbonyl (C=O) groups excluding carboxylic acids is 2. The fourth-order valence-electron chi connectivity index (χ4n) is 2.72. The van der Waals surface area contributed by atoms with Crippen molar-refractivity contribution in [3.8, 4) is 0 Å². The van der Waals surface area contributed by atoms with Gasteiger partial charge in [-0.2, -0.15) is 13.2 Å². The minimum Gasteiger partial charge on any atom is -0.273 e. The van der Waals surface area contributed by atoms with E-state index >= 15 is 0 Å². The average Bonchev–Trinajstić information content (AvgIpc) is 2.52. The zero-order valence-electron chi connectivity index (χ0n) is 12.1. The summed E-state index contributed by atoms with van der Waals surface area (Å²) in [5.41, 5.74) is 4.58. The van der Waals surface area contributed by atoms with Gasteiger partial charge in [-0.3, -0.25) is 20.4 Å². The maximum absolute atomic E-state index is 13.0. The molecule has 0 aromatic heterocycles. The molecule has 2 amide bonds. The number of carbonyl (C=O) groups is 2. The number of hydrogen-bond donors (Lipinski definition) is 2. The van der Waals surface area contributed by atoms with Gasteiger partial charge >= 0.3 is 6.18 Å². The summed E-state index contributed by atoms with van der Waals surface area (Å²) in [6.45, 7) is 0. The van der Waals surface area contributed by atoms with Crippen molar-refractivity contribution in [1.29, 1.82) is 0 Å². The van der Waals surface area contributed by atoms with Crippen LogP contribution in [0.3, 0.4) is 0 Å². The van der Waals surface area contributed by atoms with Crippen LogP contribution < -0.4 is 10.9 Å². The third-order valence-corrected chi connectivity index (χ3v) is 4.46. The van der Waals surface area contributed by atoms with Crippen LogP contribution in [0.4, 0.5) is 13.2 Å². The van der Waals surface area contributed by atoms with E-state index in [1.165, 1.54) is 12.1 Å². The molecule has 2 rings (SSSR count). The maximum Gasteiger partial charge on any atom is 0.392 e. The Kier molecular flexibility index (Phi) is 5.67. The highest BCUT2D eigenvalue weighted by Gasteiger charge is 2.48. The summed E-state index contributed by atoms with van der Waals surface area (Å²) in [7, 11) is 0. The van der Waals surface area contributed by atoms with E-state index in [1.807, 2.05) is 0 Å². The second kappa shape index (κ2) is 7.33. The summed E-state index contributed by atoms with van der Waals surface area (Å²) in [6.07, 6.45) is -3.25. The molecule has 1 aliphatic carbocycles. The van der Waals surface area contributed by atoms with Gasteiger partial charge in [-0.15, -0.1) is 0 Å². The fraction of sp³-hybridized carbons (Fsp3) is 0.467. The molecule has 0 spiro atoms. The van der Waals surface area contributed by atoms with Crippen LogP contribution in [0.2, 0.25) is 0 Å². The first-order valence-electron chi connectivity index (χ1n) is 7.21. The van der Waals surface area contributed by atoms with E-state index in [1.54, 1.807) is 12.1 Å². The van der Waals surface area contributed by atoms with Crippen molar-refractivity contribution in [2.45, 2.75) is 31.9 Å². The molecule has 23 heavy (non-hydrogen) atoms. The molecule has 1 aromatic rings. The van der Waals surface area contributed by atoms with E-state index in [9.17, 15) is 22.8 Å². The Hall–Kier alpha value is -1.57. The molecular weight excluding hydrogens is 377 g/mol. The van der Waals surface area contributed by atoms with E-state index in [2.05, 4.69) is 26.8 Å². The number of hydrogen-bond acceptors (Lipinski definition) is 2. The molecule has 1 fully saturated rings. The summed E-state index contributed by atoms with van der Waals surface area (Å²) >= 11 is 3.23. The third-order valence-electron chi connectivity index (χ3n) is 3.93. The van der Waals surface area contributed by atoms with Gasteiger partial charge in [0.05, 0.1) is 11.8 Å². The molecule has 2 N–H and O–H groups in total. The molecule has 2 unspecified atom stereocenters. The van der Waals surface area contributed by atoms with Crippen LogP contribution >= 0.6 is 15.9 Å². The quantitative estimate of drug-likeness (QED) is 0.755. The smallest absolute Gasteiger partial charge is 0.273 e. The Bertz CT molecular complexity index is 575. The Labute approximate surface area is 139 Å². The molecule has 1 aromatic carbocycles. The third kappa shape index (κ3) is 4.70. The van der Waals surface area contributed by atoms with Crippen molar-refractivity contribution < 1.29 is 22.8 Å². The molecule has 0 aliphatic heterocycles. The topological polar surface area (TPSA) is 58.2 Å². The van der Waals surface area contributed by atoms with Crippen LogP contribution in [-0.4, -0.2) is 18.0 Å². The Morgan fingerprint density at radius 1 is 1.04 bits per heavy atom. The number of rotatable bonds is 2. The first-order chi connectivity index (χ1) is 10.8. The van der Waals surface area contributed by atoms with E-state index in [4.69, 9.17) is 0 Å². The number of halogens is 4. The molecule has 126 valence electrons. The van der Waals surface area contributed by atoms with Crippen molar-refractivity contribution in [2.75, 3.05) is 0 Å². The lowest BCUT2D eigenvalue weighted by molar-refractivity contribution is -0.198. The summed E-state index contributed by atoms with van der Waals surface area (Å²) in [5, 5.41) is 0. The van der Waals surface area contributed by atoms with Crippen molar-refractivity contribution in [2.24, 2.45) is 11.8 Å². The van der Waals surface area contributed by atoms with Gasteiger partial charge in [0.25, 0.3) is 5.91 Å². The number of nitrogens with one attached hydrogen (secondary N) is 2. The zero-order chi connectivity index (χ0) is 17.0. The van der Waals surface area contributed by atoms with Gasteiger partial charge in [0.2, 0.25) is 5.91 Å². The standard InChI is InChI=1S/C15H16BrF3N2O2/c16-10-7-5-9(6-8-10)13(22)20-21-14(23)11-3-1-2-4-12(11)15(17,18)19/h5-8,11-12H,1-4H2,(H,20,22)(H,21,23). The summed E-state index contributed by atoms with van der Waals surface area (Å²) in [5.74, 6) is -4.18. The van der Waals surface area contributed by atoms with Crippen LogP contribution in [0.25, 0.3) is 0 Å². The molecule has 1 saturated carbocycles. The van der Waals surface area contributed by atoms with E-state index in [0.29, 0.717) is 18.4 Å². The number of benzene rings is 1. The van der Waals surface area contributed by atoms with Crippen LogP contribution in [0, 0.1) is 11.8 Å². The Morgan fingerprint density at radius 3 is 2.26 bits per heavy atom. The molecule has 0 bridgehead atoms. The van der Waals surface area contributed by atoms with Crippen molar-refractivity contribution in [1.82, 2.24) is 10.9 Å². The highest BCUT2D eigenvalue weighted by atomic mass is 79.9. The van der Waals surface area contributed by atoms with Gasteiger partial charge in [-0.1, -0.05) is 28.8 Å². The highest BCUT2D eigenvalue weighted by molar-refractivity contribution is 9.10. The molecule has 0 saturated heterocycles. The van der Waals surface area contributed by atoms with Crippen LogP contribution in [-0.2, 0) is 4.79 Å². The fourth-order valence-corrected chi connectivity index (χ4v) is 2.99. The second-order valence-corrected chi connectivity index (χ2v) is 6.40. The van der Waals surface area contributed by atoms with Crippen molar-refractivity contribution >= 4 is 27.7 Å². The monoisotopic (exact) mass is 392 g/mol. The summed E-state index contributed by atoms with van der Waals surface area (Å²) in [4.78, 5) is 23.9. The largest absolute Gasteiger partial charge is 0.392 e. The van der Waals surface area contributed by atoms with Gasteiger partial charge in [0.15, 0.2) is 0 Å². The molecule has 8 heteroatoms. The number of alkyl halides is 3. The Balaban J connectivity index is 1.95. The normalized spacial score (nSPS) is 21.6. The summed E-state index contributed by atoms with van der Waals surface area (Å²) < 4.78 is 39.7. The van der Waals surface area contributed by atoms with E-state index < -0.39 is 29.8 Å². The average molecular weight is 393 g/mol. The van der Waals surface area contributed by atoms with E-state index in [-0.39, 0.29) is 12.8 Å². The van der Waals surface area contributed by atoms with Crippen molar-refractivity contribution in [3.05, 3.63) is 34.3 Å². The highest BCUT2D eigenvalue weighted by Crippen LogP contribution is 2.41. The lowest BCUT2D eigenvalue weighted by Crippen LogP contribution is -2.49. The number of hydrazine groups is 1. The van der Waals surface area contributed by atoms with Gasteiger partial charge in [0.1, 0.15) is 0 Å². The van der Waals surface area contributed by atoms with Gasteiger partial charge in [-0.05, 0) is 37.1 Å². The lowest BCUT2D eigenvalue weighted by Gasteiger charge is -2.31. The molecule has 2 atom stereocenters. The van der Waals surface area contributed by atoms with E-state index in [0.717, 1.165) is 4.47 Å². The summed E-state index contributed by atoms with van der Waals surface area (Å²) in [6, 6.07) is 6.37. The van der Waals surface area contributed by atoms with Crippen LogP contribution in [0.1, 0.15) is 36.0 Å². The first kappa shape index (κ1) is 17.8. The number of amides is 2. The predicted molar refractivity (Wildman–Crippen MR) is 81.3 cm³/mol. The molecule has 0 radical (unpaired) electrons. The van der Waals surface area contributed by atoms with Crippen LogP contribution in [0.15, 0.2) is 28.7 Å². The first-order valence-corrected chi connectivity index (χ1v) is 8.01. The minimum absolute atomic E-state index is 0.0533. The zero-order valence-corrected chi connectivity index (χ0v) is 13.7. The molecule has 4 nitrogen and oxygen atoms in total. The Morgan fingerprint density at radius 2 is 1.65 bits per heavy atom. The second-order valence-electron chi connectivity index (χ2n) is 5.49. The molecule has 0 heterocycles. The molecule has 1 aliphatic rings. The van der Waals surface area contributed by atoms with Crippen molar-refractivity contribution in [3.63, 3.8) is 0 Å². The molecular formula is C15H16BrF3N2O2. The maximum atomic E-state index is 13.0. The predicted octanol–water partition coefficient (Wildman–Crippen LogP) is 3.58. The SMILES string of the molecule is O=C(NNC(=O)C1CCCCC1C(F)(F)F)c1ccc(Br)cc1. The van der Waals surface area contributed by atoms with Gasteiger partial charge in [0, 0.05) is 10.0 Å². The van der Waals surface area contributed by atoms with Gasteiger partial charge in [-0.25, -0.2) is 0 Å². The lowest BCUT2D eigenvalue weighted by atomic mass is 9.78. The minimum atomic E-state index is -4.40.